The number of nitrogens with one attached hydrogen (secondary N) is 1. The minimum atomic E-state index is -3.70. The zero-order valence-electron chi connectivity index (χ0n) is 16.5. The molecule has 3 aromatic rings. The van der Waals surface area contributed by atoms with Crippen molar-refractivity contribution in [3.63, 3.8) is 0 Å². The first kappa shape index (κ1) is 20.7. The molecule has 1 N–H and O–H groups in total. The maximum atomic E-state index is 13.7. The molecule has 160 valence electrons. The fourth-order valence-electron chi connectivity index (χ4n) is 2.89. The number of ether oxygens (including phenoxy) is 1. The van der Waals surface area contributed by atoms with Crippen LogP contribution in [0.25, 0.3) is 11.4 Å². The normalized spacial score (nSPS) is 16.5. The highest BCUT2D eigenvalue weighted by molar-refractivity contribution is 7.90. The Hall–Kier alpha value is -3.60. The first-order valence-electron chi connectivity index (χ1n) is 9.20. The lowest BCUT2D eigenvalue weighted by Gasteiger charge is -2.07. The molecule has 1 atom stereocenters. The number of esters is 1. The highest BCUT2D eigenvalue weighted by atomic mass is 32.2. The van der Waals surface area contributed by atoms with Crippen molar-refractivity contribution < 1.29 is 26.9 Å². The van der Waals surface area contributed by atoms with Gasteiger partial charge in [0.05, 0.1) is 4.90 Å². The van der Waals surface area contributed by atoms with Crippen LogP contribution in [0, 0.1) is 12.7 Å². The molecule has 1 aliphatic heterocycles. The van der Waals surface area contributed by atoms with Crippen LogP contribution in [0.5, 0.6) is 0 Å². The summed E-state index contributed by atoms with van der Waals surface area (Å²) in [4.78, 5) is 20.6. The van der Waals surface area contributed by atoms with E-state index in [9.17, 15) is 17.6 Å². The SMILES string of the molecule is Cc1ccc(-c2noc(COC(=O)[C@H](C)N=C3NS(=O)(=O)c4ccccc43)n2)cc1F. The quantitative estimate of drug-likeness (QED) is 0.599. The second-order valence-corrected chi connectivity index (χ2v) is 8.49. The van der Waals surface area contributed by atoms with Gasteiger partial charge in [0.15, 0.2) is 6.61 Å². The highest BCUT2D eigenvalue weighted by Gasteiger charge is 2.31. The summed E-state index contributed by atoms with van der Waals surface area (Å²) in [5, 5.41) is 3.76. The zero-order valence-corrected chi connectivity index (χ0v) is 17.3. The van der Waals surface area contributed by atoms with Crippen molar-refractivity contribution in [3.8, 4) is 11.4 Å². The molecule has 2 aromatic carbocycles. The molecule has 9 nitrogen and oxygen atoms in total. The molecule has 0 aliphatic carbocycles. The summed E-state index contributed by atoms with van der Waals surface area (Å²) in [6.45, 7) is 2.80. The van der Waals surface area contributed by atoms with Crippen LogP contribution in [0.2, 0.25) is 0 Å². The molecule has 0 bridgehead atoms. The van der Waals surface area contributed by atoms with Crippen LogP contribution in [-0.2, 0) is 26.2 Å². The van der Waals surface area contributed by atoms with E-state index in [0.29, 0.717) is 16.7 Å². The largest absolute Gasteiger partial charge is 0.454 e. The molecule has 11 heteroatoms. The molecule has 1 aromatic heterocycles. The van der Waals surface area contributed by atoms with Crippen molar-refractivity contribution >= 4 is 21.8 Å². The fourth-order valence-corrected chi connectivity index (χ4v) is 4.13. The fraction of sp³-hybridized carbons (Fsp3) is 0.200. The van der Waals surface area contributed by atoms with Crippen LogP contribution >= 0.6 is 0 Å². The van der Waals surface area contributed by atoms with E-state index in [-0.39, 0.29) is 29.1 Å². The van der Waals surface area contributed by atoms with Gasteiger partial charge < -0.3 is 9.26 Å². The number of hydrogen-bond acceptors (Lipinski definition) is 8. The van der Waals surface area contributed by atoms with E-state index in [1.54, 1.807) is 37.3 Å². The van der Waals surface area contributed by atoms with Crippen molar-refractivity contribution in [3.05, 3.63) is 65.3 Å². The molecule has 0 unspecified atom stereocenters. The highest BCUT2D eigenvalue weighted by Crippen LogP contribution is 2.23. The van der Waals surface area contributed by atoms with Crippen LogP contribution in [0.4, 0.5) is 4.39 Å². The maximum Gasteiger partial charge on any atom is 0.331 e. The summed E-state index contributed by atoms with van der Waals surface area (Å²) in [5.74, 6) is -0.850. The number of benzene rings is 2. The van der Waals surface area contributed by atoms with Crippen LogP contribution < -0.4 is 4.72 Å². The number of aryl methyl sites for hydroxylation is 1. The molecule has 0 radical (unpaired) electrons. The van der Waals surface area contributed by atoms with E-state index in [1.807, 2.05) is 0 Å². The number of rotatable bonds is 5. The second kappa shape index (κ2) is 7.91. The second-order valence-electron chi connectivity index (χ2n) is 6.84. The minimum absolute atomic E-state index is 0.0242. The van der Waals surface area contributed by atoms with Crippen molar-refractivity contribution in [2.45, 2.75) is 31.4 Å². The molecular weight excluding hydrogens is 427 g/mol. The molecule has 31 heavy (non-hydrogen) atoms. The topological polar surface area (TPSA) is 124 Å². The van der Waals surface area contributed by atoms with E-state index < -0.39 is 27.9 Å². The van der Waals surface area contributed by atoms with Crippen LogP contribution in [0.15, 0.2) is 56.9 Å². The predicted molar refractivity (Wildman–Crippen MR) is 107 cm³/mol. The number of halogens is 1. The van der Waals surface area contributed by atoms with E-state index in [2.05, 4.69) is 19.9 Å². The summed E-state index contributed by atoms with van der Waals surface area (Å²) in [6.07, 6.45) is 0. The molecule has 0 amide bonds. The molecule has 0 spiro atoms. The Morgan fingerprint density at radius 1 is 1.29 bits per heavy atom. The Bertz CT molecular complexity index is 1300. The summed E-state index contributed by atoms with van der Waals surface area (Å²) in [7, 11) is -3.70. The number of carbonyl (C=O) groups is 1. The summed E-state index contributed by atoms with van der Waals surface area (Å²) < 4.78 is 50.5. The smallest absolute Gasteiger partial charge is 0.331 e. The third kappa shape index (κ3) is 4.17. The van der Waals surface area contributed by atoms with Crippen LogP contribution in [0.3, 0.4) is 0 Å². The first-order valence-corrected chi connectivity index (χ1v) is 10.7. The number of nitrogens with zero attached hydrogens (tertiary/aromatic N) is 3. The van der Waals surface area contributed by atoms with Gasteiger partial charge in [0, 0.05) is 11.1 Å². The number of aromatic nitrogens is 2. The van der Waals surface area contributed by atoms with Gasteiger partial charge in [0.25, 0.3) is 15.9 Å². The molecule has 0 saturated heterocycles. The molecule has 2 heterocycles. The predicted octanol–water partition coefficient (Wildman–Crippen LogP) is 2.35. The van der Waals surface area contributed by atoms with Gasteiger partial charge in [0.1, 0.15) is 17.7 Å². The number of hydrogen-bond donors (Lipinski definition) is 1. The van der Waals surface area contributed by atoms with Crippen molar-refractivity contribution in [1.29, 1.82) is 0 Å². The molecular formula is C20H17FN4O5S. The van der Waals surface area contributed by atoms with E-state index in [4.69, 9.17) is 9.26 Å². The lowest BCUT2D eigenvalue weighted by Crippen LogP contribution is -2.26. The number of aliphatic imine (C=N–C) groups is 1. The minimum Gasteiger partial charge on any atom is -0.454 e. The molecule has 1 aliphatic rings. The Kier molecular flexibility index (Phi) is 5.27. The maximum absolute atomic E-state index is 13.7. The first-order chi connectivity index (χ1) is 14.7. The van der Waals surface area contributed by atoms with Gasteiger partial charge in [-0.05, 0) is 37.6 Å². The zero-order chi connectivity index (χ0) is 22.2. The average molecular weight is 444 g/mol. The number of amidine groups is 1. The van der Waals surface area contributed by atoms with Gasteiger partial charge in [0.2, 0.25) is 5.82 Å². The molecule has 0 saturated carbocycles. The van der Waals surface area contributed by atoms with Gasteiger partial charge in [-0.1, -0.05) is 29.4 Å². The lowest BCUT2D eigenvalue weighted by molar-refractivity contribution is -0.146. The monoisotopic (exact) mass is 444 g/mol. The Labute approximate surface area is 177 Å². The van der Waals surface area contributed by atoms with Gasteiger partial charge in [-0.2, -0.15) is 4.98 Å². The van der Waals surface area contributed by atoms with Gasteiger partial charge in [-0.3, -0.25) is 9.71 Å². The van der Waals surface area contributed by atoms with Crippen LogP contribution in [-0.4, -0.2) is 36.4 Å². The van der Waals surface area contributed by atoms with Crippen LogP contribution in [0.1, 0.15) is 23.9 Å². The van der Waals surface area contributed by atoms with Crippen molar-refractivity contribution in [2.24, 2.45) is 4.99 Å². The number of fused-ring (bicyclic) bond motifs is 1. The Balaban J connectivity index is 1.42. The summed E-state index contributed by atoms with van der Waals surface area (Å²) in [5.41, 5.74) is 1.30. The number of carbonyl (C=O) groups excluding carboxylic acids is 1. The van der Waals surface area contributed by atoms with E-state index >= 15 is 0 Å². The molecule has 0 fully saturated rings. The summed E-state index contributed by atoms with van der Waals surface area (Å²) >= 11 is 0. The van der Waals surface area contributed by atoms with Gasteiger partial charge >= 0.3 is 5.97 Å². The third-order valence-electron chi connectivity index (χ3n) is 4.56. The summed E-state index contributed by atoms with van der Waals surface area (Å²) in [6, 6.07) is 9.87. The van der Waals surface area contributed by atoms with E-state index in [1.165, 1.54) is 19.1 Å². The third-order valence-corrected chi connectivity index (χ3v) is 5.96. The van der Waals surface area contributed by atoms with E-state index in [0.717, 1.165) is 0 Å². The van der Waals surface area contributed by atoms with Gasteiger partial charge in [-0.25, -0.2) is 17.6 Å². The van der Waals surface area contributed by atoms with Crippen molar-refractivity contribution in [2.75, 3.05) is 0 Å². The van der Waals surface area contributed by atoms with Crippen molar-refractivity contribution in [1.82, 2.24) is 14.9 Å². The van der Waals surface area contributed by atoms with Gasteiger partial charge in [-0.15, -0.1) is 0 Å². The molecule has 4 rings (SSSR count). The Morgan fingerprint density at radius 2 is 2.06 bits per heavy atom. The number of sulfonamides is 1. The Morgan fingerprint density at radius 3 is 2.84 bits per heavy atom. The lowest BCUT2D eigenvalue weighted by atomic mass is 10.1. The average Bonchev–Trinajstić information content (AvgIpc) is 3.31. The standard InChI is InChI=1S/C20H17FN4O5S/c1-11-7-8-13(9-15(11)21)18-23-17(30-24-18)10-29-20(26)12(2)22-19-14-5-3-4-6-16(14)31(27,28)25-19/h3-9,12H,10H2,1-2H3,(H,22,25)/t12-/m0/s1.